The Morgan fingerprint density at radius 3 is 2.31 bits per heavy atom. The number of aliphatic carboxylic acids is 1. The van der Waals surface area contributed by atoms with Gasteiger partial charge in [-0.1, -0.05) is 24.3 Å². The van der Waals surface area contributed by atoms with Crippen LogP contribution in [-0.2, 0) is 17.6 Å². The van der Waals surface area contributed by atoms with Gasteiger partial charge in [0.2, 0.25) is 0 Å². The van der Waals surface area contributed by atoms with E-state index < -0.39 is 5.97 Å². The fourth-order valence-corrected chi connectivity index (χ4v) is 1.65. The van der Waals surface area contributed by atoms with Crippen LogP contribution in [0.3, 0.4) is 0 Å². The molecule has 1 aromatic rings. The maximum absolute atomic E-state index is 10.5. The number of rotatable bonds is 6. The smallest absolute Gasteiger partial charge is 0.303 e. The highest BCUT2D eigenvalue weighted by Gasteiger charge is 2.05. The van der Waals surface area contributed by atoms with E-state index in [1.54, 1.807) is 6.92 Å². The fourth-order valence-electron chi connectivity index (χ4n) is 1.65. The molecule has 0 saturated heterocycles. The third kappa shape index (κ3) is 4.45. The molecule has 0 aliphatic heterocycles. The van der Waals surface area contributed by atoms with Gasteiger partial charge in [0, 0.05) is 6.42 Å². The Bertz CT molecular complexity index is 345. The number of carbonyl (C=O) groups is 1. The summed E-state index contributed by atoms with van der Waals surface area (Å²) in [6.45, 7) is 1.76. The van der Waals surface area contributed by atoms with Crippen molar-refractivity contribution in [3.8, 4) is 0 Å². The van der Waals surface area contributed by atoms with E-state index in [-0.39, 0.29) is 12.5 Å². The third-order valence-corrected chi connectivity index (χ3v) is 2.56. The molecule has 0 aromatic heterocycles. The van der Waals surface area contributed by atoms with E-state index in [0.717, 1.165) is 17.5 Å². The average Bonchev–Trinajstić information content (AvgIpc) is 2.24. The molecule has 0 aliphatic rings. The highest BCUT2D eigenvalue weighted by molar-refractivity contribution is 5.67. The zero-order valence-corrected chi connectivity index (χ0v) is 9.52. The first-order valence-corrected chi connectivity index (χ1v) is 5.56. The second kappa shape index (κ2) is 6.28. The van der Waals surface area contributed by atoms with Crippen molar-refractivity contribution in [2.75, 3.05) is 0 Å². The lowest BCUT2D eigenvalue weighted by molar-refractivity contribution is -0.136. The van der Waals surface area contributed by atoms with E-state index in [2.05, 4.69) is 0 Å². The Labute approximate surface area is 95.7 Å². The van der Waals surface area contributed by atoms with Crippen molar-refractivity contribution >= 4 is 5.97 Å². The Kier molecular flexibility index (Phi) is 4.99. The molecule has 0 heterocycles. The monoisotopic (exact) mass is 222 g/mol. The Morgan fingerprint density at radius 2 is 1.81 bits per heavy atom. The highest BCUT2D eigenvalue weighted by atomic mass is 16.4. The second-order valence-electron chi connectivity index (χ2n) is 4.05. The highest BCUT2D eigenvalue weighted by Crippen LogP contribution is 2.14. The molecule has 1 atom stereocenters. The number of benzene rings is 1. The number of carboxylic acids is 1. The molecule has 1 rings (SSSR count). The van der Waals surface area contributed by atoms with Gasteiger partial charge in [0.15, 0.2) is 0 Å². The van der Waals surface area contributed by atoms with Crippen molar-refractivity contribution in [3.05, 3.63) is 35.4 Å². The van der Waals surface area contributed by atoms with Crippen LogP contribution in [0, 0.1) is 0 Å². The molecule has 3 heteroatoms. The standard InChI is InChI=1S/C13H18O3/c1-10(14)6-7-11-4-2-3-5-12(11)8-9-13(15)16/h2-5,10,14H,6-9H2,1H3,(H,15,16). The summed E-state index contributed by atoms with van der Waals surface area (Å²) >= 11 is 0. The molecular formula is C13H18O3. The molecule has 88 valence electrons. The summed E-state index contributed by atoms with van der Waals surface area (Å²) in [5, 5.41) is 17.9. The molecular weight excluding hydrogens is 204 g/mol. The van der Waals surface area contributed by atoms with E-state index in [0.29, 0.717) is 12.8 Å². The van der Waals surface area contributed by atoms with Crippen molar-refractivity contribution in [1.29, 1.82) is 0 Å². The van der Waals surface area contributed by atoms with Crippen molar-refractivity contribution in [3.63, 3.8) is 0 Å². The largest absolute Gasteiger partial charge is 0.481 e. The lowest BCUT2D eigenvalue weighted by atomic mass is 9.98. The lowest BCUT2D eigenvalue weighted by Gasteiger charge is -2.09. The van der Waals surface area contributed by atoms with Crippen LogP contribution in [0.2, 0.25) is 0 Å². The van der Waals surface area contributed by atoms with Crippen molar-refractivity contribution in [2.45, 2.75) is 38.7 Å². The maximum Gasteiger partial charge on any atom is 0.303 e. The predicted molar refractivity (Wildman–Crippen MR) is 62.4 cm³/mol. The van der Waals surface area contributed by atoms with Crippen molar-refractivity contribution in [1.82, 2.24) is 0 Å². The summed E-state index contributed by atoms with van der Waals surface area (Å²) in [5.41, 5.74) is 2.22. The van der Waals surface area contributed by atoms with E-state index in [4.69, 9.17) is 5.11 Å². The van der Waals surface area contributed by atoms with Gasteiger partial charge in [-0.3, -0.25) is 4.79 Å². The molecule has 0 bridgehead atoms. The number of aliphatic hydroxyl groups excluding tert-OH is 1. The molecule has 16 heavy (non-hydrogen) atoms. The molecule has 0 saturated carbocycles. The number of carboxylic acid groups (broad SMARTS) is 1. The zero-order valence-electron chi connectivity index (χ0n) is 9.52. The topological polar surface area (TPSA) is 57.5 Å². The van der Waals surface area contributed by atoms with Gasteiger partial charge in [0.05, 0.1) is 6.10 Å². The maximum atomic E-state index is 10.5. The quantitative estimate of drug-likeness (QED) is 0.774. The van der Waals surface area contributed by atoms with Crippen LogP contribution < -0.4 is 0 Å². The van der Waals surface area contributed by atoms with E-state index >= 15 is 0 Å². The first-order chi connectivity index (χ1) is 7.59. The van der Waals surface area contributed by atoms with Gasteiger partial charge >= 0.3 is 5.97 Å². The normalized spacial score (nSPS) is 12.4. The van der Waals surface area contributed by atoms with Gasteiger partial charge in [-0.2, -0.15) is 0 Å². The second-order valence-corrected chi connectivity index (χ2v) is 4.05. The molecule has 0 fully saturated rings. The number of hydrogen-bond acceptors (Lipinski definition) is 2. The Morgan fingerprint density at radius 1 is 1.25 bits per heavy atom. The van der Waals surface area contributed by atoms with Crippen molar-refractivity contribution < 1.29 is 15.0 Å². The summed E-state index contributed by atoms with van der Waals surface area (Å²) in [6, 6.07) is 7.82. The van der Waals surface area contributed by atoms with Crippen LogP contribution in [-0.4, -0.2) is 22.3 Å². The molecule has 3 nitrogen and oxygen atoms in total. The van der Waals surface area contributed by atoms with Crippen LogP contribution in [0.5, 0.6) is 0 Å². The van der Waals surface area contributed by atoms with Gasteiger partial charge in [0.1, 0.15) is 0 Å². The minimum absolute atomic E-state index is 0.158. The summed E-state index contributed by atoms with van der Waals surface area (Å²) in [5.74, 6) is -0.773. The van der Waals surface area contributed by atoms with Crippen LogP contribution >= 0.6 is 0 Å². The third-order valence-electron chi connectivity index (χ3n) is 2.56. The van der Waals surface area contributed by atoms with Crippen LogP contribution in [0.25, 0.3) is 0 Å². The average molecular weight is 222 g/mol. The van der Waals surface area contributed by atoms with Gasteiger partial charge in [0.25, 0.3) is 0 Å². The van der Waals surface area contributed by atoms with Gasteiger partial charge in [-0.25, -0.2) is 0 Å². The van der Waals surface area contributed by atoms with E-state index in [1.807, 2.05) is 24.3 Å². The van der Waals surface area contributed by atoms with Gasteiger partial charge in [-0.15, -0.1) is 0 Å². The summed E-state index contributed by atoms with van der Waals surface area (Å²) in [4.78, 5) is 10.5. The minimum atomic E-state index is -0.773. The number of aryl methyl sites for hydroxylation is 2. The molecule has 0 amide bonds. The minimum Gasteiger partial charge on any atom is -0.481 e. The zero-order chi connectivity index (χ0) is 12.0. The number of aliphatic hydroxyl groups is 1. The van der Waals surface area contributed by atoms with Crippen LogP contribution in [0.4, 0.5) is 0 Å². The molecule has 0 aliphatic carbocycles. The summed E-state index contributed by atoms with van der Waals surface area (Å²) < 4.78 is 0. The predicted octanol–water partition coefficient (Wildman–Crippen LogP) is 2.02. The van der Waals surface area contributed by atoms with E-state index in [1.165, 1.54) is 0 Å². The molecule has 0 radical (unpaired) electrons. The molecule has 2 N–H and O–H groups in total. The van der Waals surface area contributed by atoms with Gasteiger partial charge in [-0.05, 0) is 37.3 Å². The van der Waals surface area contributed by atoms with Crippen LogP contribution in [0.1, 0.15) is 30.9 Å². The van der Waals surface area contributed by atoms with Gasteiger partial charge < -0.3 is 10.2 Å². The summed E-state index contributed by atoms with van der Waals surface area (Å²) in [7, 11) is 0. The Balaban J connectivity index is 2.63. The van der Waals surface area contributed by atoms with Crippen LogP contribution in [0.15, 0.2) is 24.3 Å². The molecule has 0 spiro atoms. The SMILES string of the molecule is CC(O)CCc1ccccc1CCC(=O)O. The molecule has 1 aromatic carbocycles. The first kappa shape index (κ1) is 12.7. The number of hydrogen-bond donors (Lipinski definition) is 2. The first-order valence-electron chi connectivity index (χ1n) is 5.56. The Hall–Kier alpha value is -1.35. The molecule has 1 unspecified atom stereocenters. The lowest BCUT2D eigenvalue weighted by Crippen LogP contribution is -2.05. The summed E-state index contributed by atoms with van der Waals surface area (Å²) in [6.07, 6.45) is 1.92. The van der Waals surface area contributed by atoms with Crippen molar-refractivity contribution in [2.24, 2.45) is 0 Å². The van der Waals surface area contributed by atoms with E-state index in [9.17, 15) is 9.90 Å². The fraction of sp³-hybridized carbons (Fsp3) is 0.462.